The van der Waals surface area contributed by atoms with Gasteiger partial charge in [-0.15, -0.1) is 0 Å². The summed E-state index contributed by atoms with van der Waals surface area (Å²) in [4.78, 5) is 35.2. The zero-order chi connectivity index (χ0) is 24.7. The molecule has 0 spiro atoms. The maximum absolute atomic E-state index is 13.0. The molecular weight excluding hydrogens is 448 g/mol. The highest BCUT2D eigenvalue weighted by molar-refractivity contribution is 5.79. The number of nitrogens with zero attached hydrogens (tertiary/aromatic N) is 4. The quantitative estimate of drug-likeness (QED) is 0.597. The van der Waals surface area contributed by atoms with E-state index in [0.717, 1.165) is 91.1 Å². The number of benzene rings is 1. The van der Waals surface area contributed by atoms with Gasteiger partial charge >= 0.3 is 0 Å². The number of piperidine rings is 4. The molecule has 0 N–H and O–H groups in total. The Hall–Kier alpha value is -1.92. The molecule has 1 aromatic carbocycles. The Morgan fingerprint density at radius 1 is 0.556 bits per heavy atom. The predicted octanol–water partition coefficient (Wildman–Crippen LogP) is 4.14. The van der Waals surface area contributed by atoms with E-state index in [1.54, 1.807) is 0 Å². The smallest absolute Gasteiger partial charge is 0.226 e. The van der Waals surface area contributed by atoms with Crippen LogP contribution in [0.1, 0.15) is 75.3 Å². The lowest BCUT2D eigenvalue weighted by atomic mass is 9.94. The Morgan fingerprint density at radius 2 is 0.944 bits per heavy atom. The second-order valence-electron chi connectivity index (χ2n) is 11.7. The summed E-state index contributed by atoms with van der Waals surface area (Å²) in [6.45, 7) is 9.68. The van der Waals surface area contributed by atoms with Crippen LogP contribution in [0.5, 0.6) is 0 Å². The van der Waals surface area contributed by atoms with E-state index in [-0.39, 0.29) is 11.8 Å². The number of hydrogen-bond acceptors (Lipinski definition) is 4. The maximum Gasteiger partial charge on any atom is 0.226 e. The fourth-order valence-electron chi connectivity index (χ4n) is 6.81. The number of amides is 2. The summed E-state index contributed by atoms with van der Waals surface area (Å²) in [5.74, 6) is 1.15. The monoisotopic (exact) mass is 494 g/mol. The number of carbonyl (C=O) groups excluding carboxylic acids is 2. The van der Waals surface area contributed by atoms with Crippen LogP contribution in [0.4, 0.5) is 0 Å². The summed E-state index contributed by atoms with van der Waals surface area (Å²) >= 11 is 0. The highest BCUT2D eigenvalue weighted by Crippen LogP contribution is 2.24. The van der Waals surface area contributed by atoms with Gasteiger partial charge in [0.05, 0.1) is 11.8 Å². The second-order valence-corrected chi connectivity index (χ2v) is 11.7. The van der Waals surface area contributed by atoms with E-state index in [2.05, 4.69) is 43.9 Å². The molecule has 1 aromatic rings. The van der Waals surface area contributed by atoms with E-state index >= 15 is 0 Å². The Balaban J connectivity index is 1.09. The lowest BCUT2D eigenvalue weighted by Gasteiger charge is -2.36. The van der Waals surface area contributed by atoms with Gasteiger partial charge in [0.1, 0.15) is 0 Å². The van der Waals surface area contributed by atoms with Crippen molar-refractivity contribution >= 4 is 11.8 Å². The third kappa shape index (κ3) is 6.69. The van der Waals surface area contributed by atoms with Gasteiger partial charge in [0.15, 0.2) is 0 Å². The molecule has 2 amide bonds. The first kappa shape index (κ1) is 25.7. The zero-order valence-electron chi connectivity index (χ0n) is 22.2. The minimum Gasteiger partial charge on any atom is -0.342 e. The van der Waals surface area contributed by atoms with E-state index < -0.39 is 0 Å². The largest absolute Gasteiger partial charge is 0.342 e. The first-order valence-corrected chi connectivity index (χ1v) is 14.8. The van der Waals surface area contributed by atoms with Crippen molar-refractivity contribution in [3.63, 3.8) is 0 Å². The maximum atomic E-state index is 13.0. The number of likely N-dealkylation sites (tertiary alicyclic amines) is 4. The van der Waals surface area contributed by atoms with Gasteiger partial charge in [0.2, 0.25) is 11.8 Å². The molecule has 6 heteroatoms. The van der Waals surface area contributed by atoms with Crippen molar-refractivity contribution in [2.75, 3.05) is 52.4 Å². The minimum atomic E-state index is 0.177. The molecule has 2 unspecified atom stereocenters. The van der Waals surface area contributed by atoms with Crippen molar-refractivity contribution in [1.82, 2.24) is 19.6 Å². The van der Waals surface area contributed by atoms with E-state index in [4.69, 9.17) is 0 Å². The molecule has 4 saturated heterocycles. The topological polar surface area (TPSA) is 47.1 Å². The predicted molar refractivity (Wildman–Crippen MR) is 143 cm³/mol. The van der Waals surface area contributed by atoms with Crippen LogP contribution in [0, 0.1) is 11.8 Å². The van der Waals surface area contributed by atoms with E-state index in [0.29, 0.717) is 11.8 Å². The number of hydrogen-bond donors (Lipinski definition) is 0. The van der Waals surface area contributed by atoms with Gasteiger partial charge in [-0.3, -0.25) is 19.4 Å². The van der Waals surface area contributed by atoms with Crippen molar-refractivity contribution in [2.24, 2.45) is 11.8 Å². The Kier molecular flexibility index (Phi) is 8.97. The first-order valence-electron chi connectivity index (χ1n) is 14.8. The van der Waals surface area contributed by atoms with Gasteiger partial charge in [-0.2, -0.15) is 0 Å². The SMILES string of the molecule is O=C(C1CCCN(Cc2ccc(CN3CCCC(C(=O)N4CCCCC4)C3)cc2)C1)N1CCCCC1. The Bertz CT molecular complexity index is 789. The fourth-order valence-corrected chi connectivity index (χ4v) is 6.81. The Labute approximate surface area is 218 Å². The average Bonchev–Trinajstić information content (AvgIpc) is 2.94. The molecule has 4 fully saturated rings. The third-order valence-corrected chi connectivity index (χ3v) is 8.88. The first-order chi connectivity index (χ1) is 17.7. The third-order valence-electron chi connectivity index (χ3n) is 8.88. The molecule has 0 radical (unpaired) electrons. The van der Waals surface area contributed by atoms with Crippen LogP contribution in [0.2, 0.25) is 0 Å². The highest BCUT2D eigenvalue weighted by Gasteiger charge is 2.31. The molecular formula is C30H46N4O2. The second kappa shape index (κ2) is 12.6. The van der Waals surface area contributed by atoms with Gasteiger partial charge in [-0.05, 0) is 88.4 Å². The molecule has 5 rings (SSSR count). The summed E-state index contributed by atoms with van der Waals surface area (Å²) in [7, 11) is 0. The lowest BCUT2D eigenvalue weighted by Crippen LogP contribution is -2.46. The molecule has 4 aliphatic rings. The van der Waals surface area contributed by atoms with Crippen LogP contribution in [0.3, 0.4) is 0 Å². The standard InChI is InChI=1S/C30H46N4O2/c35-29(33-17-3-1-4-18-33)27-9-7-15-31(23-27)21-25-11-13-26(14-12-25)22-32-16-8-10-28(24-32)30(36)34-19-5-2-6-20-34/h11-14,27-28H,1-10,15-24H2. The normalized spacial score (nSPS) is 26.7. The van der Waals surface area contributed by atoms with Crippen molar-refractivity contribution in [3.8, 4) is 0 Å². The number of rotatable bonds is 6. The van der Waals surface area contributed by atoms with Gasteiger partial charge in [0.25, 0.3) is 0 Å². The minimum absolute atomic E-state index is 0.177. The van der Waals surface area contributed by atoms with Crippen molar-refractivity contribution in [3.05, 3.63) is 35.4 Å². The summed E-state index contributed by atoms with van der Waals surface area (Å²) in [5.41, 5.74) is 2.67. The average molecular weight is 495 g/mol. The van der Waals surface area contributed by atoms with Gasteiger partial charge in [-0.25, -0.2) is 0 Å². The van der Waals surface area contributed by atoms with Crippen LogP contribution in [-0.2, 0) is 22.7 Å². The highest BCUT2D eigenvalue weighted by atomic mass is 16.2. The van der Waals surface area contributed by atoms with Crippen LogP contribution >= 0.6 is 0 Å². The summed E-state index contributed by atoms with van der Waals surface area (Å²) in [6, 6.07) is 9.08. The molecule has 2 atom stereocenters. The summed E-state index contributed by atoms with van der Waals surface area (Å²) in [5, 5.41) is 0. The molecule has 0 bridgehead atoms. The summed E-state index contributed by atoms with van der Waals surface area (Å²) < 4.78 is 0. The molecule has 4 heterocycles. The van der Waals surface area contributed by atoms with Gasteiger partial charge in [0, 0.05) is 52.4 Å². The van der Waals surface area contributed by atoms with Gasteiger partial charge in [-0.1, -0.05) is 24.3 Å². The molecule has 6 nitrogen and oxygen atoms in total. The fraction of sp³-hybridized carbons (Fsp3) is 0.733. The molecule has 0 saturated carbocycles. The van der Waals surface area contributed by atoms with E-state index in [1.807, 2.05) is 0 Å². The van der Waals surface area contributed by atoms with Gasteiger partial charge < -0.3 is 9.80 Å². The van der Waals surface area contributed by atoms with Crippen LogP contribution in [0.15, 0.2) is 24.3 Å². The molecule has 0 aliphatic carbocycles. The summed E-state index contributed by atoms with van der Waals surface area (Å²) in [6.07, 6.45) is 11.5. The molecule has 4 aliphatic heterocycles. The molecule has 198 valence electrons. The molecule has 36 heavy (non-hydrogen) atoms. The van der Waals surface area contributed by atoms with E-state index in [9.17, 15) is 9.59 Å². The zero-order valence-corrected chi connectivity index (χ0v) is 22.2. The van der Waals surface area contributed by atoms with Crippen molar-refractivity contribution < 1.29 is 9.59 Å². The van der Waals surface area contributed by atoms with Crippen LogP contribution in [0.25, 0.3) is 0 Å². The van der Waals surface area contributed by atoms with Crippen LogP contribution < -0.4 is 0 Å². The lowest BCUT2D eigenvalue weighted by molar-refractivity contribution is -0.139. The molecule has 0 aromatic heterocycles. The van der Waals surface area contributed by atoms with Crippen LogP contribution in [-0.4, -0.2) is 83.8 Å². The van der Waals surface area contributed by atoms with Crippen molar-refractivity contribution in [2.45, 2.75) is 77.3 Å². The number of carbonyl (C=O) groups is 2. The van der Waals surface area contributed by atoms with Crippen molar-refractivity contribution in [1.29, 1.82) is 0 Å². The Morgan fingerprint density at radius 3 is 1.33 bits per heavy atom. The van der Waals surface area contributed by atoms with E-state index in [1.165, 1.54) is 49.7 Å².